The average molecular weight is 345 g/mol. The first kappa shape index (κ1) is 17.2. The lowest BCUT2D eigenvalue weighted by Gasteiger charge is -2.31. The van der Waals surface area contributed by atoms with E-state index in [9.17, 15) is 4.79 Å². The lowest BCUT2D eigenvalue weighted by atomic mass is 10.1. The quantitative estimate of drug-likeness (QED) is 0.798. The van der Waals surface area contributed by atoms with E-state index in [1.165, 1.54) is 11.8 Å². The Balaban J connectivity index is 1.85. The van der Waals surface area contributed by atoms with Crippen LogP contribution in [0.1, 0.15) is 19.5 Å². The number of nitrogens with zero attached hydrogens (tertiary/aromatic N) is 3. The van der Waals surface area contributed by atoms with Crippen LogP contribution < -0.4 is 0 Å². The van der Waals surface area contributed by atoms with Crippen molar-refractivity contribution in [2.24, 2.45) is 5.92 Å². The smallest absolute Gasteiger partial charge is 0.236 e. The molecule has 1 amide bonds. The van der Waals surface area contributed by atoms with E-state index in [0.29, 0.717) is 26.3 Å². The zero-order valence-corrected chi connectivity index (χ0v) is 15.2. The zero-order chi connectivity index (χ0) is 17.1. The molecule has 1 aromatic heterocycles. The first-order valence-corrected chi connectivity index (χ1v) is 9.21. The van der Waals surface area contributed by atoms with Gasteiger partial charge in [-0.15, -0.1) is 0 Å². The Bertz CT molecular complexity index is 729. The van der Waals surface area contributed by atoms with Crippen molar-refractivity contribution in [2.45, 2.75) is 31.0 Å². The van der Waals surface area contributed by atoms with Gasteiger partial charge in [0.25, 0.3) is 0 Å². The minimum atomic E-state index is -0.155. The Morgan fingerprint density at radius 2 is 1.79 bits per heavy atom. The molecule has 1 aromatic carbocycles. The molecule has 2 aromatic rings. The van der Waals surface area contributed by atoms with Gasteiger partial charge in [0.15, 0.2) is 0 Å². The maximum atomic E-state index is 12.9. The van der Waals surface area contributed by atoms with Gasteiger partial charge in [0, 0.05) is 13.1 Å². The predicted octanol–water partition coefficient (Wildman–Crippen LogP) is 2.91. The third-order valence-electron chi connectivity index (χ3n) is 4.11. The fourth-order valence-electron chi connectivity index (χ4n) is 2.74. The molecule has 0 bridgehead atoms. The maximum absolute atomic E-state index is 12.9. The molecule has 0 spiro atoms. The van der Waals surface area contributed by atoms with Crippen LogP contribution in [0.15, 0.2) is 29.3 Å². The van der Waals surface area contributed by atoms with Crippen LogP contribution in [0, 0.1) is 12.8 Å². The van der Waals surface area contributed by atoms with Gasteiger partial charge in [-0.25, -0.2) is 9.97 Å². The summed E-state index contributed by atoms with van der Waals surface area (Å²) in [6.45, 7) is 8.71. The number of thioether (sulfide) groups is 1. The summed E-state index contributed by atoms with van der Waals surface area (Å²) in [5, 5.41) is 0.686. The third kappa shape index (κ3) is 3.70. The minimum absolute atomic E-state index is 0.155. The number of amides is 1. The number of rotatable bonds is 4. The highest BCUT2D eigenvalue weighted by Gasteiger charge is 2.30. The van der Waals surface area contributed by atoms with Gasteiger partial charge < -0.3 is 9.64 Å². The number of benzene rings is 1. The summed E-state index contributed by atoms with van der Waals surface area (Å²) < 4.78 is 5.35. The number of carbonyl (C=O) groups is 1. The van der Waals surface area contributed by atoms with E-state index in [4.69, 9.17) is 9.72 Å². The molecule has 1 aliphatic heterocycles. The largest absolute Gasteiger partial charge is 0.378 e. The van der Waals surface area contributed by atoms with Crippen LogP contribution in [0.25, 0.3) is 11.0 Å². The van der Waals surface area contributed by atoms with Gasteiger partial charge >= 0.3 is 0 Å². The summed E-state index contributed by atoms with van der Waals surface area (Å²) in [6, 6.07) is 7.84. The Kier molecular flexibility index (Phi) is 5.36. The van der Waals surface area contributed by atoms with Crippen molar-refractivity contribution in [3.8, 4) is 0 Å². The van der Waals surface area contributed by atoms with E-state index in [-0.39, 0.29) is 17.1 Å². The number of para-hydroxylation sites is 2. The van der Waals surface area contributed by atoms with E-state index in [0.717, 1.165) is 21.8 Å². The van der Waals surface area contributed by atoms with Crippen LogP contribution in [0.5, 0.6) is 0 Å². The Hall–Kier alpha value is -1.66. The van der Waals surface area contributed by atoms with Crippen LogP contribution in [0.4, 0.5) is 0 Å². The fraction of sp³-hybridized carbons (Fsp3) is 0.500. The molecule has 0 saturated carbocycles. The number of fused-ring (bicyclic) bond motifs is 1. The summed E-state index contributed by atoms with van der Waals surface area (Å²) in [4.78, 5) is 24.2. The van der Waals surface area contributed by atoms with Gasteiger partial charge in [-0.05, 0) is 25.0 Å². The number of aryl methyl sites for hydroxylation is 1. The summed E-state index contributed by atoms with van der Waals surface area (Å²) in [6.07, 6.45) is 0. The summed E-state index contributed by atoms with van der Waals surface area (Å²) in [7, 11) is 0. The molecule has 128 valence electrons. The molecular weight excluding hydrogens is 322 g/mol. The molecule has 2 heterocycles. The van der Waals surface area contributed by atoms with E-state index in [1.54, 1.807) is 0 Å². The number of carbonyl (C=O) groups excluding carboxylic acids is 1. The van der Waals surface area contributed by atoms with Gasteiger partial charge in [-0.1, -0.05) is 37.7 Å². The second kappa shape index (κ2) is 7.49. The monoisotopic (exact) mass is 345 g/mol. The standard InChI is InChI=1S/C18H23N3O2S/c1-12(2)16(18(22)21-8-10-23-11-9-21)24-17-13(3)19-14-6-4-5-7-15(14)20-17/h4-7,12,16H,8-11H2,1-3H3. The van der Waals surface area contributed by atoms with Crippen molar-refractivity contribution < 1.29 is 9.53 Å². The Morgan fingerprint density at radius 1 is 1.17 bits per heavy atom. The third-order valence-corrected chi connectivity index (χ3v) is 5.72. The van der Waals surface area contributed by atoms with Crippen molar-refractivity contribution in [1.29, 1.82) is 0 Å². The molecule has 1 aliphatic rings. The van der Waals surface area contributed by atoms with E-state index < -0.39 is 0 Å². The van der Waals surface area contributed by atoms with Crippen molar-refractivity contribution >= 4 is 28.7 Å². The molecule has 0 N–H and O–H groups in total. The van der Waals surface area contributed by atoms with E-state index in [1.807, 2.05) is 36.1 Å². The molecule has 24 heavy (non-hydrogen) atoms. The number of hydrogen-bond donors (Lipinski definition) is 0. The molecule has 3 rings (SSSR count). The number of aromatic nitrogens is 2. The Morgan fingerprint density at radius 3 is 2.42 bits per heavy atom. The van der Waals surface area contributed by atoms with E-state index in [2.05, 4.69) is 18.8 Å². The van der Waals surface area contributed by atoms with Crippen molar-refractivity contribution in [2.75, 3.05) is 26.3 Å². The molecule has 6 heteroatoms. The summed E-state index contributed by atoms with van der Waals surface area (Å²) >= 11 is 1.53. The zero-order valence-electron chi connectivity index (χ0n) is 14.4. The van der Waals surface area contributed by atoms with Crippen LogP contribution in [0.3, 0.4) is 0 Å². The van der Waals surface area contributed by atoms with Crippen molar-refractivity contribution in [3.63, 3.8) is 0 Å². The highest BCUT2D eigenvalue weighted by molar-refractivity contribution is 8.00. The minimum Gasteiger partial charge on any atom is -0.378 e. The highest BCUT2D eigenvalue weighted by Crippen LogP contribution is 2.31. The normalized spacial score (nSPS) is 16.6. The lowest BCUT2D eigenvalue weighted by molar-refractivity contribution is -0.135. The summed E-state index contributed by atoms with van der Waals surface area (Å²) in [5.41, 5.74) is 2.63. The lowest BCUT2D eigenvalue weighted by Crippen LogP contribution is -2.46. The van der Waals surface area contributed by atoms with Crippen molar-refractivity contribution in [1.82, 2.24) is 14.9 Å². The van der Waals surface area contributed by atoms with Crippen LogP contribution in [-0.2, 0) is 9.53 Å². The number of morpholine rings is 1. The first-order chi connectivity index (χ1) is 11.6. The predicted molar refractivity (Wildman–Crippen MR) is 96.2 cm³/mol. The topological polar surface area (TPSA) is 55.3 Å². The second-order valence-electron chi connectivity index (χ2n) is 6.32. The molecule has 0 aliphatic carbocycles. The average Bonchev–Trinajstić information content (AvgIpc) is 2.59. The molecular formula is C18H23N3O2S. The van der Waals surface area contributed by atoms with Crippen LogP contribution >= 0.6 is 11.8 Å². The Labute approximate surface area is 146 Å². The van der Waals surface area contributed by atoms with Crippen LogP contribution in [0.2, 0.25) is 0 Å². The molecule has 0 radical (unpaired) electrons. The van der Waals surface area contributed by atoms with Gasteiger partial charge in [0.2, 0.25) is 5.91 Å². The van der Waals surface area contributed by atoms with E-state index >= 15 is 0 Å². The highest BCUT2D eigenvalue weighted by atomic mass is 32.2. The SMILES string of the molecule is Cc1nc2ccccc2nc1SC(C(=O)N1CCOCC1)C(C)C. The van der Waals surface area contributed by atoms with Gasteiger partial charge in [-0.3, -0.25) is 4.79 Å². The molecule has 5 nitrogen and oxygen atoms in total. The number of hydrogen-bond acceptors (Lipinski definition) is 5. The van der Waals surface area contributed by atoms with Crippen LogP contribution in [-0.4, -0.2) is 52.3 Å². The van der Waals surface area contributed by atoms with Gasteiger partial charge in [0.05, 0.1) is 35.2 Å². The number of ether oxygens (including phenoxy) is 1. The maximum Gasteiger partial charge on any atom is 0.236 e. The molecule has 1 atom stereocenters. The second-order valence-corrected chi connectivity index (χ2v) is 7.45. The molecule has 1 fully saturated rings. The molecule has 1 saturated heterocycles. The van der Waals surface area contributed by atoms with Gasteiger partial charge in [-0.2, -0.15) is 0 Å². The fourth-order valence-corrected chi connectivity index (χ4v) is 3.87. The van der Waals surface area contributed by atoms with Crippen molar-refractivity contribution in [3.05, 3.63) is 30.0 Å². The molecule has 1 unspecified atom stereocenters. The first-order valence-electron chi connectivity index (χ1n) is 8.33. The van der Waals surface area contributed by atoms with Gasteiger partial charge in [0.1, 0.15) is 5.03 Å². The summed E-state index contributed by atoms with van der Waals surface area (Å²) in [5.74, 6) is 0.394.